The van der Waals surface area contributed by atoms with E-state index in [-0.39, 0.29) is 11.9 Å². The quantitative estimate of drug-likeness (QED) is 0.106. The third kappa shape index (κ3) is 8.06. The van der Waals surface area contributed by atoms with Crippen molar-refractivity contribution in [1.29, 1.82) is 5.41 Å². The Morgan fingerprint density at radius 1 is 1.00 bits per heavy atom. The van der Waals surface area contributed by atoms with Gasteiger partial charge < -0.3 is 15.2 Å². The molecule has 188 valence electrons. The molecule has 0 saturated heterocycles. The van der Waals surface area contributed by atoms with Gasteiger partial charge in [-0.1, -0.05) is 13.8 Å². The smallest absolute Gasteiger partial charge is 0.149 e. The lowest BCUT2D eigenvalue weighted by molar-refractivity contribution is 0.234. The van der Waals surface area contributed by atoms with E-state index in [1.54, 1.807) is 35.6 Å². The molecule has 35 heavy (non-hydrogen) atoms. The molecule has 0 fully saturated rings. The highest BCUT2D eigenvalue weighted by atomic mass is 32.1. The van der Waals surface area contributed by atoms with Crippen molar-refractivity contribution in [3.63, 3.8) is 0 Å². The minimum Gasteiger partial charge on any atom is -0.494 e. The van der Waals surface area contributed by atoms with E-state index in [2.05, 4.69) is 26.0 Å². The molecule has 3 aromatic rings. The van der Waals surface area contributed by atoms with Crippen LogP contribution < -0.4 is 20.7 Å². The van der Waals surface area contributed by atoms with Crippen LogP contribution in [0.5, 0.6) is 11.5 Å². The lowest BCUT2D eigenvalue weighted by Crippen LogP contribution is -2.28. The van der Waals surface area contributed by atoms with Crippen LogP contribution in [-0.2, 0) is 6.42 Å². The summed E-state index contributed by atoms with van der Waals surface area (Å²) in [5.74, 6) is 2.01. The molecular formula is C27H36N4O3S. The molecule has 0 bridgehead atoms. The average molecular weight is 497 g/mol. The summed E-state index contributed by atoms with van der Waals surface area (Å²) in [6, 6.07) is 15.4. The van der Waals surface area contributed by atoms with Gasteiger partial charge in [0.25, 0.3) is 0 Å². The molecule has 8 heteroatoms. The lowest BCUT2D eigenvalue weighted by atomic mass is 9.99. The van der Waals surface area contributed by atoms with Gasteiger partial charge in [0.2, 0.25) is 0 Å². The molecule has 7 nitrogen and oxygen atoms in total. The number of ether oxygens (including phenoxy) is 2. The molecule has 0 radical (unpaired) electrons. The molecule has 0 amide bonds. The van der Waals surface area contributed by atoms with Crippen LogP contribution in [0.4, 0.5) is 0 Å². The topological polar surface area (TPSA) is 113 Å². The summed E-state index contributed by atoms with van der Waals surface area (Å²) in [6.07, 6.45) is 3.74. The number of aromatic nitrogens is 1. The zero-order chi connectivity index (χ0) is 25.2. The second-order valence-electron chi connectivity index (χ2n) is 8.91. The number of hydroxylamine groups is 1. The molecular weight excluding hydrogens is 460 g/mol. The van der Waals surface area contributed by atoms with Crippen molar-refractivity contribution in [3.05, 3.63) is 64.0 Å². The van der Waals surface area contributed by atoms with E-state index >= 15 is 0 Å². The summed E-state index contributed by atoms with van der Waals surface area (Å²) in [5, 5.41) is 17.3. The van der Waals surface area contributed by atoms with Crippen LogP contribution in [-0.4, -0.2) is 35.3 Å². The number of thiazole rings is 1. The Hall–Kier alpha value is -2.94. The van der Waals surface area contributed by atoms with Crippen molar-refractivity contribution in [1.82, 2.24) is 10.5 Å². The molecule has 0 aliphatic rings. The van der Waals surface area contributed by atoms with Gasteiger partial charge in [0.1, 0.15) is 17.3 Å². The third-order valence-electron chi connectivity index (χ3n) is 5.79. The van der Waals surface area contributed by atoms with Gasteiger partial charge in [0, 0.05) is 22.0 Å². The van der Waals surface area contributed by atoms with Crippen LogP contribution in [0.15, 0.2) is 48.5 Å². The van der Waals surface area contributed by atoms with E-state index in [0.717, 1.165) is 53.4 Å². The first-order valence-electron chi connectivity index (χ1n) is 12.0. The number of benzene rings is 2. The van der Waals surface area contributed by atoms with Gasteiger partial charge >= 0.3 is 0 Å². The molecule has 3 rings (SSSR count). The maximum Gasteiger partial charge on any atom is 0.149 e. The fourth-order valence-corrected chi connectivity index (χ4v) is 4.56. The maximum absolute atomic E-state index is 8.76. The van der Waals surface area contributed by atoms with Crippen molar-refractivity contribution in [2.75, 3.05) is 13.2 Å². The van der Waals surface area contributed by atoms with Gasteiger partial charge in [-0.25, -0.2) is 4.98 Å². The summed E-state index contributed by atoms with van der Waals surface area (Å²) in [4.78, 5) is 6.00. The number of aryl methyl sites for hydroxylation is 1. The predicted molar refractivity (Wildman–Crippen MR) is 142 cm³/mol. The van der Waals surface area contributed by atoms with Gasteiger partial charge in [0.05, 0.1) is 23.9 Å². The summed E-state index contributed by atoms with van der Waals surface area (Å²) in [7, 11) is 0. The van der Waals surface area contributed by atoms with Crippen LogP contribution in [0.25, 0.3) is 11.3 Å². The Kier molecular flexibility index (Phi) is 10.1. The highest BCUT2D eigenvalue weighted by Gasteiger charge is 2.16. The standard InChI is InChI=1S/C27H36N4O3S/c1-18(2)24(28)17-25-26(30-19(3)35-25)20-7-11-22(12-8-20)33-15-5-4-6-16-34-23-13-9-21(10-14-23)27(29)31-32/h7-14,18,24,32H,4-6,15-17,28H2,1-3H3,(H2,29,31). The third-order valence-corrected chi connectivity index (χ3v) is 6.78. The van der Waals surface area contributed by atoms with E-state index in [9.17, 15) is 0 Å². The summed E-state index contributed by atoms with van der Waals surface area (Å²) >= 11 is 1.73. The Labute approximate surface area is 211 Å². The lowest BCUT2D eigenvalue weighted by Gasteiger charge is -2.15. The molecule has 5 N–H and O–H groups in total. The first-order valence-corrected chi connectivity index (χ1v) is 12.9. The second kappa shape index (κ2) is 13.2. The molecule has 0 saturated carbocycles. The van der Waals surface area contributed by atoms with E-state index in [4.69, 9.17) is 30.8 Å². The minimum absolute atomic E-state index is 0.0412. The number of hydrogen-bond donors (Lipinski definition) is 4. The SMILES string of the molecule is Cc1nc(-c2ccc(OCCCCCOc3ccc(C(=N)NO)cc3)cc2)c(CC(N)C(C)C)s1. The number of nitrogens with one attached hydrogen (secondary N) is 2. The average Bonchev–Trinajstić information content (AvgIpc) is 3.23. The van der Waals surface area contributed by atoms with Crippen molar-refractivity contribution >= 4 is 17.2 Å². The predicted octanol–water partition coefficient (Wildman–Crippen LogP) is 5.58. The van der Waals surface area contributed by atoms with E-state index in [1.165, 1.54) is 4.88 Å². The number of hydrogen-bond acceptors (Lipinski definition) is 7. The van der Waals surface area contributed by atoms with Crippen LogP contribution in [0.1, 0.15) is 48.6 Å². The molecule has 0 aliphatic carbocycles. The summed E-state index contributed by atoms with van der Waals surface area (Å²) < 4.78 is 11.6. The Morgan fingerprint density at radius 2 is 1.57 bits per heavy atom. The highest BCUT2D eigenvalue weighted by molar-refractivity contribution is 7.12. The molecule has 1 aromatic heterocycles. The number of nitrogens with zero attached hydrogens (tertiary/aromatic N) is 1. The highest BCUT2D eigenvalue weighted by Crippen LogP contribution is 2.31. The van der Waals surface area contributed by atoms with Crippen LogP contribution in [0, 0.1) is 18.3 Å². The summed E-state index contributed by atoms with van der Waals surface area (Å²) in [5.41, 5.74) is 10.9. The monoisotopic (exact) mass is 496 g/mol. The Balaban J connectivity index is 1.38. The van der Waals surface area contributed by atoms with Gasteiger partial charge in [-0.15, -0.1) is 11.3 Å². The molecule has 1 heterocycles. The van der Waals surface area contributed by atoms with E-state index in [1.807, 2.05) is 24.5 Å². The van der Waals surface area contributed by atoms with Crippen molar-refractivity contribution < 1.29 is 14.7 Å². The van der Waals surface area contributed by atoms with Crippen molar-refractivity contribution in [2.45, 2.75) is 52.5 Å². The second-order valence-corrected chi connectivity index (χ2v) is 10.2. The molecule has 0 spiro atoms. The fraction of sp³-hybridized carbons (Fsp3) is 0.407. The molecule has 0 aliphatic heterocycles. The Morgan fingerprint density at radius 3 is 2.11 bits per heavy atom. The zero-order valence-corrected chi connectivity index (χ0v) is 21.5. The first-order chi connectivity index (χ1) is 16.9. The fourth-order valence-electron chi connectivity index (χ4n) is 3.54. The van der Waals surface area contributed by atoms with Gasteiger partial charge in [-0.3, -0.25) is 16.1 Å². The van der Waals surface area contributed by atoms with E-state index < -0.39 is 0 Å². The number of unbranched alkanes of at least 4 members (excludes halogenated alkanes) is 2. The Bertz CT molecular complexity index is 1070. The minimum atomic E-state index is -0.0412. The normalized spacial score (nSPS) is 11.9. The van der Waals surface area contributed by atoms with Gasteiger partial charge in [-0.2, -0.15) is 0 Å². The molecule has 1 atom stereocenters. The van der Waals surface area contributed by atoms with E-state index in [0.29, 0.717) is 24.7 Å². The maximum atomic E-state index is 8.76. The number of nitrogens with two attached hydrogens (primary N) is 1. The van der Waals surface area contributed by atoms with Crippen LogP contribution >= 0.6 is 11.3 Å². The number of amidine groups is 1. The molecule has 1 unspecified atom stereocenters. The van der Waals surface area contributed by atoms with Crippen molar-refractivity contribution in [3.8, 4) is 22.8 Å². The van der Waals surface area contributed by atoms with Crippen LogP contribution in [0.2, 0.25) is 0 Å². The van der Waals surface area contributed by atoms with Gasteiger partial charge in [-0.05, 0) is 87.1 Å². The first kappa shape index (κ1) is 26.7. The van der Waals surface area contributed by atoms with Gasteiger partial charge in [0.15, 0.2) is 0 Å². The zero-order valence-electron chi connectivity index (χ0n) is 20.7. The number of rotatable bonds is 13. The molecule has 2 aromatic carbocycles. The van der Waals surface area contributed by atoms with Crippen LogP contribution in [0.3, 0.4) is 0 Å². The van der Waals surface area contributed by atoms with Crippen molar-refractivity contribution in [2.24, 2.45) is 11.7 Å². The largest absolute Gasteiger partial charge is 0.494 e. The summed E-state index contributed by atoms with van der Waals surface area (Å²) in [6.45, 7) is 7.64.